The number of anilines is 1. The molecule has 0 unspecified atom stereocenters. The molecule has 52 heavy (non-hydrogen) atoms. The first kappa shape index (κ1) is 45.3. The molecule has 0 aliphatic carbocycles. The van der Waals surface area contributed by atoms with Crippen LogP contribution in [0.3, 0.4) is 0 Å². The van der Waals surface area contributed by atoms with E-state index < -0.39 is 0 Å². The standard InChI is InChI=1S/C16H21NO2.C15H21NO.C14H18O2/c1-6-13-7-9-14(10-8-13)15(18)17(5)11-12-19-16(2,3)4;1-6-13-7-9-14(10-8-13)16(5)11-12-17-15(2,3)4;1-5-12-6-8-13(9-7-12)15-10-11-16-14(2,3)4/h1,7-10H,11-12H2,2-5H3;1,7-10H,11-12H2,2-5H3;1,6-9H,10-11H2,2-4H3. The third kappa shape index (κ3) is 20.8. The molecular formula is C45H60N2O5. The Kier molecular flexibility index (Phi) is 19.4. The number of benzene rings is 3. The SMILES string of the molecule is C#Cc1ccc(C(=O)N(C)CCOC(C)(C)C)cc1.C#Cc1ccc(N(C)CCOC(C)(C)C)cc1.C#Cc1ccc(OCCOC(C)(C)C)cc1. The van der Waals surface area contributed by atoms with Gasteiger partial charge in [-0.25, -0.2) is 0 Å². The fourth-order valence-corrected chi connectivity index (χ4v) is 4.10. The second kappa shape index (κ2) is 22.3. The summed E-state index contributed by atoms with van der Waals surface area (Å²) in [6.07, 6.45) is 15.9. The van der Waals surface area contributed by atoms with Gasteiger partial charge in [0.15, 0.2) is 0 Å². The average molecular weight is 709 g/mol. The molecule has 0 atom stereocenters. The summed E-state index contributed by atoms with van der Waals surface area (Å²) in [6.45, 7) is 22.0. The van der Waals surface area contributed by atoms with Gasteiger partial charge in [-0.05, 0) is 135 Å². The minimum absolute atomic E-state index is 0.0268. The molecule has 0 fully saturated rings. The van der Waals surface area contributed by atoms with E-state index in [0.29, 0.717) is 31.9 Å². The van der Waals surface area contributed by atoms with E-state index in [9.17, 15) is 4.79 Å². The number of hydrogen-bond donors (Lipinski definition) is 0. The Morgan fingerprint density at radius 1 is 0.558 bits per heavy atom. The summed E-state index contributed by atoms with van der Waals surface area (Å²) >= 11 is 0. The molecule has 280 valence electrons. The quantitative estimate of drug-likeness (QED) is 0.139. The van der Waals surface area contributed by atoms with Crippen molar-refractivity contribution in [2.24, 2.45) is 0 Å². The lowest BCUT2D eigenvalue weighted by Crippen LogP contribution is -2.32. The zero-order valence-electron chi connectivity index (χ0n) is 33.3. The Morgan fingerprint density at radius 3 is 1.37 bits per heavy atom. The Morgan fingerprint density at radius 2 is 0.942 bits per heavy atom. The van der Waals surface area contributed by atoms with E-state index in [1.165, 1.54) is 0 Å². The predicted molar refractivity (Wildman–Crippen MR) is 216 cm³/mol. The van der Waals surface area contributed by atoms with E-state index >= 15 is 0 Å². The molecule has 0 aromatic heterocycles. The highest BCUT2D eigenvalue weighted by Gasteiger charge is 2.14. The summed E-state index contributed by atoms with van der Waals surface area (Å²) in [5.41, 5.74) is 3.96. The van der Waals surface area contributed by atoms with Gasteiger partial charge >= 0.3 is 0 Å². The van der Waals surface area contributed by atoms with Gasteiger partial charge in [0.25, 0.3) is 5.91 Å². The van der Waals surface area contributed by atoms with Crippen LogP contribution in [0.2, 0.25) is 0 Å². The average Bonchev–Trinajstić information content (AvgIpc) is 3.09. The molecule has 0 saturated heterocycles. The fraction of sp³-hybridized carbons (Fsp3) is 0.444. The highest BCUT2D eigenvalue weighted by atomic mass is 16.5. The maximum atomic E-state index is 12.1. The van der Waals surface area contributed by atoms with Crippen molar-refractivity contribution in [2.75, 3.05) is 58.5 Å². The zero-order chi connectivity index (χ0) is 39.4. The van der Waals surface area contributed by atoms with Crippen LogP contribution in [0.25, 0.3) is 0 Å². The molecule has 3 rings (SSSR count). The molecule has 0 aliphatic rings. The Hall–Kier alpha value is -4.71. The van der Waals surface area contributed by atoms with Gasteiger partial charge in [-0.1, -0.05) is 17.8 Å². The van der Waals surface area contributed by atoms with Crippen molar-refractivity contribution >= 4 is 11.6 Å². The van der Waals surface area contributed by atoms with Gasteiger partial charge < -0.3 is 28.7 Å². The smallest absolute Gasteiger partial charge is 0.253 e. The maximum Gasteiger partial charge on any atom is 0.253 e. The van der Waals surface area contributed by atoms with Crippen LogP contribution in [-0.4, -0.2) is 81.2 Å². The molecule has 0 N–H and O–H groups in total. The van der Waals surface area contributed by atoms with Crippen LogP contribution in [0.5, 0.6) is 5.75 Å². The molecule has 0 radical (unpaired) electrons. The van der Waals surface area contributed by atoms with Gasteiger partial charge in [-0.2, -0.15) is 0 Å². The van der Waals surface area contributed by atoms with Gasteiger partial charge in [0.2, 0.25) is 0 Å². The number of amides is 1. The van der Waals surface area contributed by atoms with Crippen molar-refractivity contribution < 1.29 is 23.7 Å². The number of terminal acetylenes is 3. The zero-order valence-corrected chi connectivity index (χ0v) is 33.3. The van der Waals surface area contributed by atoms with E-state index in [1.807, 2.05) is 90.1 Å². The van der Waals surface area contributed by atoms with Gasteiger partial charge in [-0.3, -0.25) is 4.79 Å². The summed E-state index contributed by atoms with van der Waals surface area (Å²) in [5, 5.41) is 0. The van der Waals surface area contributed by atoms with Crippen LogP contribution < -0.4 is 9.64 Å². The molecule has 0 aliphatic heterocycles. The van der Waals surface area contributed by atoms with E-state index in [2.05, 4.69) is 50.5 Å². The van der Waals surface area contributed by atoms with Gasteiger partial charge in [0.05, 0.1) is 36.6 Å². The summed E-state index contributed by atoms with van der Waals surface area (Å²) in [5.74, 6) is 8.49. The van der Waals surface area contributed by atoms with Crippen molar-refractivity contribution in [3.8, 4) is 42.8 Å². The Bertz CT molecular complexity index is 1590. The predicted octanol–water partition coefficient (Wildman–Crippen LogP) is 8.34. The monoisotopic (exact) mass is 708 g/mol. The normalized spacial score (nSPS) is 10.9. The van der Waals surface area contributed by atoms with Crippen molar-refractivity contribution in [3.63, 3.8) is 0 Å². The fourth-order valence-electron chi connectivity index (χ4n) is 4.10. The van der Waals surface area contributed by atoms with Crippen LogP contribution >= 0.6 is 0 Å². The number of rotatable bonds is 12. The summed E-state index contributed by atoms with van der Waals surface area (Å²) in [6, 6.07) is 22.5. The highest BCUT2D eigenvalue weighted by Crippen LogP contribution is 2.15. The first-order chi connectivity index (χ1) is 24.3. The Balaban J connectivity index is 0.000000392. The summed E-state index contributed by atoms with van der Waals surface area (Å²) in [4.78, 5) is 15.9. The lowest BCUT2D eigenvalue weighted by Gasteiger charge is -2.24. The topological polar surface area (TPSA) is 60.5 Å². The lowest BCUT2D eigenvalue weighted by molar-refractivity contribution is -0.0163. The van der Waals surface area contributed by atoms with Crippen molar-refractivity contribution in [2.45, 2.75) is 79.1 Å². The number of carbonyl (C=O) groups excluding carboxylic acids is 1. The second-order valence-electron chi connectivity index (χ2n) is 15.0. The summed E-state index contributed by atoms with van der Waals surface area (Å²) in [7, 11) is 3.82. The molecule has 0 spiro atoms. The first-order valence-corrected chi connectivity index (χ1v) is 17.5. The highest BCUT2D eigenvalue weighted by molar-refractivity contribution is 5.94. The molecule has 0 saturated carbocycles. The molecule has 7 nitrogen and oxygen atoms in total. The van der Waals surface area contributed by atoms with Crippen LogP contribution in [0.15, 0.2) is 72.8 Å². The minimum Gasteiger partial charge on any atom is -0.491 e. The van der Waals surface area contributed by atoms with Gasteiger partial charge in [0.1, 0.15) is 12.4 Å². The van der Waals surface area contributed by atoms with E-state index in [-0.39, 0.29) is 22.7 Å². The summed E-state index contributed by atoms with van der Waals surface area (Å²) < 4.78 is 22.3. The van der Waals surface area contributed by atoms with Crippen LogP contribution in [-0.2, 0) is 14.2 Å². The second-order valence-corrected chi connectivity index (χ2v) is 15.0. The van der Waals surface area contributed by atoms with Crippen LogP contribution in [0, 0.1) is 37.0 Å². The molecule has 0 heterocycles. The van der Waals surface area contributed by atoms with Crippen LogP contribution in [0.4, 0.5) is 5.69 Å². The van der Waals surface area contributed by atoms with Crippen molar-refractivity contribution in [1.82, 2.24) is 4.90 Å². The lowest BCUT2D eigenvalue weighted by atomic mass is 10.1. The number of ether oxygens (including phenoxy) is 4. The number of likely N-dealkylation sites (N-methyl/N-ethyl adjacent to an activating group) is 2. The largest absolute Gasteiger partial charge is 0.491 e. The van der Waals surface area contributed by atoms with Crippen molar-refractivity contribution in [3.05, 3.63) is 95.1 Å². The molecule has 1 amide bonds. The first-order valence-electron chi connectivity index (χ1n) is 17.5. The third-order valence-electron chi connectivity index (χ3n) is 6.95. The van der Waals surface area contributed by atoms with E-state index in [0.717, 1.165) is 41.3 Å². The number of hydrogen-bond acceptors (Lipinski definition) is 6. The van der Waals surface area contributed by atoms with Crippen molar-refractivity contribution in [1.29, 1.82) is 0 Å². The molecule has 0 bridgehead atoms. The maximum absolute atomic E-state index is 12.1. The third-order valence-corrected chi connectivity index (χ3v) is 6.95. The van der Waals surface area contributed by atoms with E-state index in [1.54, 1.807) is 36.2 Å². The molecular weight excluding hydrogens is 649 g/mol. The van der Waals surface area contributed by atoms with Gasteiger partial charge in [0, 0.05) is 55.1 Å². The van der Waals surface area contributed by atoms with Gasteiger partial charge in [-0.15, -0.1) is 19.3 Å². The molecule has 7 heteroatoms. The minimum atomic E-state index is -0.182. The molecule has 3 aromatic carbocycles. The molecule has 3 aromatic rings. The van der Waals surface area contributed by atoms with Crippen LogP contribution in [0.1, 0.15) is 89.4 Å². The number of nitrogens with zero attached hydrogens (tertiary/aromatic N) is 2. The number of carbonyl (C=O) groups is 1. The Labute approximate surface area is 315 Å². The van der Waals surface area contributed by atoms with E-state index in [4.69, 9.17) is 38.2 Å².